The second-order valence-corrected chi connectivity index (χ2v) is 18.7. The first-order valence-electron chi connectivity index (χ1n) is 20.4. The molecule has 2 atom stereocenters. The quantitative estimate of drug-likeness (QED) is 0.0492. The highest BCUT2D eigenvalue weighted by Gasteiger charge is 2.76. The number of hydrogen-bond donors (Lipinski definition) is 3. The molecule has 3 N–H and O–H groups in total. The normalized spacial score (nSPS) is 23.6. The Kier molecular flexibility index (Phi) is 10.5. The third kappa shape index (κ3) is 6.87. The number of carbonyl (C=O) groups is 5. The van der Waals surface area contributed by atoms with Gasteiger partial charge in [0.2, 0.25) is 11.8 Å². The van der Waals surface area contributed by atoms with E-state index in [1.165, 1.54) is 28.0 Å². The average molecular weight is 890 g/mol. The molecule has 17 heteroatoms. The van der Waals surface area contributed by atoms with Gasteiger partial charge in [0, 0.05) is 84.5 Å². The Morgan fingerprint density at radius 3 is 1.75 bits per heavy atom. The van der Waals surface area contributed by atoms with Gasteiger partial charge in [-0.2, -0.15) is 0 Å². The van der Waals surface area contributed by atoms with Gasteiger partial charge in [0.05, 0.1) is 22.2 Å². The number of hydrogen-bond acceptors (Lipinski definition) is 7. The summed E-state index contributed by atoms with van der Waals surface area (Å²) < 4.78 is 17.1. The summed E-state index contributed by atoms with van der Waals surface area (Å²) in [6.07, 6.45) is 4.85. The number of amides is 5. The van der Waals surface area contributed by atoms with E-state index >= 15 is 0 Å². The first-order valence-corrected chi connectivity index (χ1v) is 23.0. The molecule has 0 radical (unpaired) electrons. The molecule has 3 heterocycles. The van der Waals surface area contributed by atoms with Crippen LogP contribution in [0, 0.1) is 10.8 Å². The number of phosphoric acid groups is 1. The fourth-order valence-electron chi connectivity index (χ4n) is 10.6. The minimum absolute atomic E-state index is 0.0433. The molecule has 4 aromatic rings. The standard InChI is InChI=1S/C44H43Cl2N4O10P/c45-19-26-21-49(33-17-32(28-9-3-5-11-30(28)38(26)33)47(42(55)56)15-7-1-2-8-16-48-36(51)13-14-37(48)52)40(53)43-23-44(24-43,25-43)41(54)50-22-27(20-46)39-31-12-6-4-10-29(31)35(18-34(39)50)60-61(57,58)59/h3-6,9-14,17-18,26-27H,1-2,7-8,15-16,19-25H2,(H,55,56)(H2,57,58,59)/t26-,27-,43?,44?/m1/s1. The van der Waals surface area contributed by atoms with Crippen molar-refractivity contribution in [1.82, 2.24) is 4.90 Å². The lowest BCUT2D eigenvalue weighted by atomic mass is 9.34. The number of imide groups is 1. The Balaban J connectivity index is 0.947. The highest BCUT2D eigenvalue weighted by atomic mass is 35.5. The number of nitrogens with zero attached hydrogens (tertiary/aromatic N) is 4. The van der Waals surface area contributed by atoms with Gasteiger partial charge in [0.25, 0.3) is 11.8 Å². The van der Waals surface area contributed by atoms with Gasteiger partial charge in [0.15, 0.2) is 0 Å². The highest BCUT2D eigenvalue weighted by molar-refractivity contribution is 7.46. The SMILES string of the molecule is O=C1C=CC(=O)N1CCCCCCN(C(=O)O)c1cc2c(c3ccccc13)[C@H](CCl)CN2C(=O)C12CC(C(=O)N3C[C@@H](CCl)c4c3cc(OP(=O)(O)O)c3ccccc43)(C1)C2. The van der Waals surface area contributed by atoms with Crippen LogP contribution in [0.4, 0.5) is 21.9 Å². The number of benzene rings is 4. The van der Waals surface area contributed by atoms with E-state index in [-0.39, 0.29) is 66.1 Å². The van der Waals surface area contributed by atoms with Crippen LogP contribution in [0.5, 0.6) is 5.75 Å². The maximum atomic E-state index is 14.7. The topological polar surface area (TPSA) is 185 Å². The molecule has 0 saturated heterocycles. The molecule has 318 valence electrons. The van der Waals surface area contributed by atoms with Gasteiger partial charge in [-0.3, -0.25) is 38.8 Å². The number of anilines is 3. The van der Waals surface area contributed by atoms with Gasteiger partial charge >= 0.3 is 13.9 Å². The molecule has 0 aromatic heterocycles. The number of rotatable bonds is 14. The lowest BCUT2D eigenvalue weighted by Crippen LogP contribution is -2.73. The van der Waals surface area contributed by atoms with E-state index in [0.29, 0.717) is 85.9 Å². The molecule has 0 unspecified atom stereocenters. The van der Waals surface area contributed by atoms with E-state index in [1.807, 2.05) is 30.3 Å². The molecular formula is C44H43Cl2N4O10P. The van der Waals surface area contributed by atoms with Crippen LogP contribution in [-0.2, 0) is 23.7 Å². The van der Waals surface area contributed by atoms with Crippen molar-refractivity contribution in [3.05, 3.63) is 83.9 Å². The average Bonchev–Trinajstić information content (AvgIpc) is 3.87. The zero-order chi connectivity index (χ0) is 43.0. The van der Waals surface area contributed by atoms with Gasteiger partial charge in [-0.05, 0) is 60.1 Å². The second-order valence-electron chi connectivity index (χ2n) is 16.9. The summed E-state index contributed by atoms with van der Waals surface area (Å²) in [7, 11) is -4.94. The van der Waals surface area contributed by atoms with Gasteiger partial charge in [-0.25, -0.2) is 9.36 Å². The number of fused-ring (bicyclic) bond motifs is 6. The Morgan fingerprint density at radius 2 is 1.23 bits per heavy atom. The van der Waals surface area contributed by atoms with Crippen molar-refractivity contribution in [1.29, 1.82) is 0 Å². The maximum absolute atomic E-state index is 14.7. The molecule has 4 aromatic carbocycles. The molecule has 3 aliphatic carbocycles. The monoisotopic (exact) mass is 888 g/mol. The number of halogens is 2. The molecule has 5 amide bonds. The predicted molar refractivity (Wildman–Crippen MR) is 231 cm³/mol. The first kappa shape index (κ1) is 41.4. The lowest BCUT2D eigenvalue weighted by Gasteiger charge is -2.69. The third-order valence-electron chi connectivity index (χ3n) is 13.2. The predicted octanol–water partition coefficient (Wildman–Crippen LogP) is 7.64. The van der Waals surface area contributed by atoms with Crippen molar-refractivity contribution in [3.63, 3.8) is 0 Å². The highest BCUT2D eigenvalue weighted by Crippen LogP contribution is 2.75. The first-order chi connectivity index (χ1) is 29.2. The summed E-state index contributed by atoms with van der Waals surface area (Å²) in [5.41, 5.74) is 1.64. The van der Waals surface area contributed by atoms with Crippen molar-refractivity contribution in [2.24, 2.45) is 10.8 Å². The van der Waals surface area contributed by atoms with E-state index in [4.69, 9.17) is 27.7 Å². The van der Waals surface area contributed by atoms with Crippen molar-refractivity contribution in [3.8, 4) is 5.75 Å². The summed E-state index contributed by atoms with van der Waals surface area (Å²) in [5.74, 6) is -0.996. The van der Waals surface area contributed by atoms with E-state index < -0.39 is 24.7 Å². The van der Waals surface area contributed by atoms with Crippen LogP contribution in [0.15, 0.2) is 72.8 Å². The zero-order valence-electron chi connectivity index (χ0n) is 33.0. The summed E-state index contributed by atoms with van der Waals surface area (Å²) >= 11 is 13.1. The molecule has 61 heavy (non-hydrogen) atoms. The summed E-state index contributed by atoms with van der Waals surface area (Å²) in [5, 5.41) is 13.3. The van der Waals surface area contributed by atoms with E-state index in [9.17, 15) is 43.4 Å². The van der Waals surface area contributed by atoms with Crippen molar-refractivity contribution < 1.29 is 48.0 Å². The van der Waals surface area contributed by atoms with Gasteiger partial charge in [-0.1, -0.05) is 61.4 Å². The maximum Gasteiger partial charge on any atom is 0.524 e. The summed E-state index contributed by atoms with van der Waals surface area (Å²) in [6, 6.07) is 17.9. The van der Waals surface area contributed by atoms with Crippen LogP contribution in [-0.4, -0.2) is 87.5 Å². The molecule has 0 spiro atoms. The van der Waals surface area contributed by atoms with Crippen molar-refractivity contribution >= 4 is 99.4 Å². The van der Waals surface area contributed by atoms with Gasteiger partial charge < -0.3 is 19.4 Å². The molecule has 14 nitrogen and oxygen atoms in total. The zero-order valence-corrected chi connectivity index (χ0v) is 35.4. The van der Waals surface area contributed by atoms with E-state index in [1.54, 1.807) is 34.1 Å². The number of carboxylic acid groups (broad SMARTS) is 1. The molecule has 3 saturated carbocycles. The van der Waals surface area contributed by atoms with Crippen molar-refractivity contribution in [2.75, 3.05) is 52.6 Å². The van der Waals surface area contributed by atoms with E-state index in [0.717, 1.165) is 21.9 Å². The number of alkyl halides is 2. The van der Waals surface area contributed by atoms with Crippen LogP contribution in [0.25, 0.3) is 21.5 Å². The van der Waals surface area contributed by atoms with Gasteiger partial charge in [0.1, 0.15) is 5.75 Å². The van der Waals surface area contributed by atoms with Crippen molar-refractivity contribution in [2.45, 2.75) is 56.8 Å². The number of carbonyl (C=O) groups excluding carboxylic acids is 4. The number of phosphoric ester groups is 1. The Morgan fingerprint density at radius 1 is 0.738 bits per heavy atom. The molecule has 3 aliphatic heterocycles. The fourth-order valence-corrected chi connectivity index (χ4v) is 11.5. The molecule has 6 aliphatic rings. The minimum Gasteiger partial charge on any atom is -0.465 e. The van der Waals surface area contributed by atoms with Crippen LogP contribution in [0.1, 0.15) is 67.9 Å². The molecule has 10 rings (SSSR count). The molecular weight excluding hydrogens is 846 g/mol. The molecule has 3 fully saturated rings. The van der Waals surface area contributed by atoms with E-state index in [2.05, 4.69) is 0 Å². The second kappa shape index (κ2) is 15.4. The van der Waals surface area contributed by atoms with Gasteiger partial charge in [-0.15, -0.1) is 23.2 Å². The fraction of sp³-hybridized carbons (Fsp3) is 0.386. The van der Waals surface area contributed by atoms with Crippen LogP contribution in [0.2, 0.25) is 0 Å². The van der Waals surface area contributed by atoms with Crippen LogP contribution in [0.3, 0.4) is 0 Å². The molecule has 2 bridgehead atoms. The summed E-state index contributed by atoms with van der Waals surface area (Å²) in [6.45, 7) is 1.08. The number of unbranched alkanes of at least 4 members (excludes halogenated alkanes) is 3. The Bertz CT molecular complexity index is 2590. The van der Waals surface area contributed by atoms with Crippen LogP contribution < -0.4 is 19.2 Å². The summed E-state index contributed by atoms with van der Waals surface area (Å²) in [4.78, 5) is 91.3. The smallest absolute Gasteiger partial charge is 0.465 e. The Hall–Kier alpha value is -4.98. The Labute approximate surface area is 360 Å². The third-order valence-corrected chi connectivity index (χ3v) is 14.4. The minimum atomic E-state index is -4.94. The largest absolute Gasteiger partial charge is 0.524 e. The lowest BCUT2D eigenvalue weighted by molar-refractivity contribution is -0.205. The van der Waals surface area contributed by atoms with Crippen LogP contribution >= 0.6 is 31.0 Å².